The fourth-order valence-corrected chi connectivity index (χ4v) is 7.10. The van der Waals surface area contributed by atoms with Gasteiger partial charge in [-0.05, 0) is 64.2 Å². The summed E-state index contributed by atoms with van der Waals surface area (Å²) in [6, 6.07) is 56.6. The van der Waals surface area contributed by atoms with Crippen LogP contribution in [-0.2, 0) is 0 Å². The number of carbonyl (C=O) groups excluding carboxylic acids is 2. The highest BCUT2D eigenvalue weighted by Crippen LogP contribution is 2.42. The molecule has 0 aliphatic carbocycles. The maximum atomic E-state index is 14.8. The Bertz CT molecular complexity index is 2530. The zero-order valence-electron chi connectivity index (χ0n) is 25.9. The minimum Gasteiger partial charge on any atom is -0.308 e. The minimum atomic E-state index is -0.333. The quantitative estimate of drug-likeness (QED) is 0.181. The smallest absolute Gasteiger partial charge is 0.268 e. The molecule has 1 aliphatic rings. The van der Waals surface area contributed by atoms with E-state index in [2.05, 4.69) is 47.0 Å². The number of fused-ring (bicyclic) bond motifs is 4. The number of hydrogen-bond donors (Lipinski definition) is 0. The van der Waals surface area contributed by atoms with E-state index in [9.17, 15) is 9.59 Å². The van der Waals surface area contributed by atoms with Gasteiger partial charge in [0.2, 0.25) is 0 Å². The normalized spacial score (nSPS) is 12.6. The monoisotopic (exact) mass is 616 g/mol. The van der Waals surface area contributed by atoms with Crippen LogP contribution < -0.4 is 4.90 Å². The lowest BCUT2D eigenvalue weighted by atomic mass is 9.97. The highest BCUT2D eigenvalue weighted by atomic mass is 16.2. The van der Waals surface area contributed by atoms with Crippen molar-refractivity contribution in [2.24, 2.45) is 0 Å². The van der Waals surface area contributed by atoms with Gasteiger partial charge in [0.25, 0.3) is 11.8 Å². The van der Waals surface area contributed by atoms with Crippen molar-refractivity contribution in [2.45, 2.75) is 0 Å². The topological polar surface area (TPSA) is 42.3 Å². The maximum absolute atomic E-state index is 14.8. The first kappa shape index (κ1) is 27.8. The van der Waals surface area contributed by atoms with E-state index in [-0.39, 0.29) is 11.8 Å². The van der Waals surface area contributed by atoms with E-state index in [1.807, 2.05) is 121 Å². The third kappa shape index (κ3) is 4.31. The van der Waals surface area contributed by atoms with Gasteiger partial charge < -0.3 is 4.57 Å². The Kier molecular flexibility index (Phi) is 6.41. The molecule has 0 bridgehead atoms. The zero-order chi connectivity index (χ0) is 32.2. The van der Waals surface area contributed by atoms with Crippen molar-refractivity contribution >= 4 is 39.3 Å². The number of carbonyl (C=O) groups is 2. The van der Waals surface area contributed by atoms with Gasteiger partial charge in [0.05, 0.1) is 33.5 Å². The predicted molar refractivity (Wildman–Crippen MR) is 195 cm³/mol. The number of nitrogens with zero attached hydrogens (tertiary/aromatic N) is 2. The minimum absolute atomic E-state index is 0.327. The molecule has 226 valence electrons. The Labute approximate surface area is 277 Å². The second kappa shape index (κ2) is 11.1. The number of amides is 2. The lowest BCUT2D eigenvalue weighted by molar-refractivity contribution is 0.0926. The number of aromatic nitrogens is 1. The molecule has 8 aromatic rings. The first-order valence-corrected chi connectivity index (χ1v) is 16.0. The largest absolute Gasteiger partial charge is 0.308 e. The lowest BCUT2D eigenvalue weighted by Crippen LogP contribution is -2.30. The Balaban J connectivity index is 1.24. The molecule has 4 heteroatoms. The number of para-hydroxylation sites is 1. The van der Waals surface area contributed by atoms with Crippen LogP contribution in [0.15, 0.2) is 170 Å². The van der Waals surface area contributed by atoms with Gasteiger partial charge in [-0.25, -0.2) is 4.90 Å². The standard InChI is InChI=1S/C44H28N2O2/c47-43-36-20-12-22-40(45-38-21-11-10-19-35(38)37-27-32(24-26-39(37)45)29-13-4-1-5-14-29)42(36)44(48)46(43)41-28-33(30-15-6-2-7-16-30)23-25-34(41)31-17-8-3-9-18-31/h1-28H. The summed E-state index contributed by atoms with van der Waals surface area (Å²) in [5, 5.41) is 2.17. The Morgan fingerprint density at radius 3 is 1.65 bits per heavy atom. The van der Waals surface area contributed by atoms with Gasteiger partial charge in [-0.2, -0.15) is 0 Å². The number of imide groups is 1. The molecule has 7 aromatic carbocycles. The summed E-state index contributed by atoms with van der Waals surface area (Å²) in [7, 11) is 0. The van der Waals surface area contributed by atoms with Gasteiger partial charge in [0, 0.05) is 16.3 Å². The molecule has 48 heavy (non-hydrogen) atoms. The van der Waals surface area contributed by atoms with Gasteiger partial charge in [-0.1, -0.05) is 133 Å². The van der Waals surface area contributed by atoms with Crippen molar-refractivity contribution in [2.75, 3.05) is 4.90 Å². The summed E-state index contributed by atoms with van der Waals surface area (Å²) in [5.74, 6) is -0.661. The van der Waals surface area contributed by atoms with Gasteiger partial charge in [-0.15, -0.1) is 0 Å². The van der Waals surface area contributed by atoms with Crippen LogP contribution in [0.25, 0.3) is 60.9 Å². The van der Waals surface area contributed by atoms with E-state index in [4.69, 9.17) is 0 Å². The molecule has 0 spiro atoms. The van der Waals surface area contributed by atoms with Gasteiger partial charge in [0.15, 0.2) is 0 Å². The summed E-state index contributed by atoms with van der Waals surface area (Å²) < 4.78 is 2.13. The molecule has 1 aromatic heterocycles. The van der Waals surface area contributed by atoms with Crippen LogP contribution in [0.3, 0.4) is 0 Å². The molecule has 9 rings (SSSR count). The molecule has 1 aliphatic heterocycles. The molecule has 2 amide bonds. The fraction of sp³-hybridized carbons (Fsp3) is 0. The summed E-state index contributed by atoms with van der Waals surface area (Å²) >= 11 is 0. The van der Waals surface area contributed by atoms with Crippen molar-refractivity contribution in [3.63, 3.8) is 0 Å². The SMILES string of the molecule is O=C1c2cccc(-n3c4ccccc4c4cc(-c5ccccc5)ccc43)c2C(=O)N1c1cc(-c2ccccc2)ccc1-c1ccccc1. The molecule has 2 heterocycles. The van der Waals surface area contributed by atoms with Gasteiger partial charge in [-0.3, -0.25) is 9.59 Å². The van der Waals surface area contributed by atoms with Crippen molar-refractivity contribution in [1.29, 1.82) is 0 Å². The third-order valence-corrected chi connectivity index (χ3v) is 9.34. The van der Waals surface area contributed by atoms with Crippen LogP contribution in [-0.4, -0.2) is 16.4 Å². The number of anilines is 1. The average molecular weight is 617 g/mol. The molecule has 0 saturated heterocycles. The zero-order valence-corrected chi connectivity index (χ0v) is 25.9. The van der Waals surface area contributed by atoms with E-state index < -0.39 is 0 Å². The summed E-state index contributed by atoms with van der Waals surface area (Å²) in [6.07, 6.45) is 0. The Hall–Kier alpha value is -6.52. The average Bonchev–Trinajstić information content (AvgIpc) is 3.62. The van der Waals surface area contributed by atoms with Crippen molar-refractivity contribution < 1.29 is 9.59 Å². The highest BCUT2D eigenvalue weighted by Gasteiger charge is 2.40. The van der Waals surface area contributed by atoms with E-state index in [1.165, 1.54) is 4.90 Å². The molecule has 0 N–H and O–H groups in total. The molecule has 4 nitrogen and oxygen atoms in total. The molecule has 0 saturated carbocycles. The van der Waals surface area contributed by atoms with Crippen molar-refractivity contribution in [1.82, 2.24) is 4.57 Å². The maximum Gasteiger partial charge on any atom is 0.268 e. The molecule has 0 unspecified atom stereocenters. The first-order chi connectivity index (χ1) is 23.7. The van der Waals surface area contributed by atoms with E-state index in [0.29, 0.717) is 22.5 Å². The van der Waals surface area contributed by atoms with Gasteiger partial charge >= 0.3 is 0 Å². The first-order valence-electron chi connectivity index (χ1n) is 16.0. The second-order valence-corrected chi connectivity index (χ2v) is 12.1. The molecule has 0 atom stereocenters. The van der Waals surface area contributed by atoms with E-state index in [0.717, 1.165) is 55.2 Å². The van der Waals surface area contributed by atoms with Crippen molar-refractivity contribution in [3.8, 4) is 39.1 Å². The molecular formula is C44H28N2O2. The molecule has 0 fully saturated rings. The van der Waals surface area contributed by atoms with Crippen LogP contribution >= 0.6 is 0 Å². The molecular weight excluding hydrogens is 588 g/mol. The summed E-state index contributed by atoms with van der Waals surface area (Å²) in [5.41, 5.74) is 9.94. The predicted octanol–water partition coefficient (Wildman–Crippen LogP) is 10.6. The second-order valence-electron chi connectivity index (χ2n) is 12.1. The molecule has 0 radical (unpaired) electrons. The third-order valence-electron chi connectivity index (χ3n) is 9.34. The lowest BCUT2D eigenvalue weighted by Gasteiger charge is -2.20. The summed E-state index contributed by atoms with van der Waals surface area (Å²) in [4.78, 5) is 30.5. The van der Waals surface area contributed by atoms with E-state index >= 15 is 0 Å². The van der Waals surface area contributed by atoms with Crippen LogP contribution in [0.4, 0.5) is 5.69 Å². The van der Waals surface area contributed by atoms with Crippen LogP contribution in [0, 0.1) is 0 Å². The number of rotatable bonds is 5. The van der Waals surface area contributed by atoms with Crippen molar-refractivity contribution in [3.05, 3.63) is 181 Å². The van der Waals surface area contributed by atoms with Crippen LogP contribution in [0.1, 0.15) is 20.7 Å². The summed E-state index contributed by atoms with van der Waals surface area (Å²) in [6.45, 7) is 0. The van der Waals surface area contributed by atoms with Crippen LogP contribution in [0.2, 0.25) is 0 Å². The fourth-order valence-electron chi connectivity index (χ4n) is 7.10. The van der Waals surface area contributed by atoms with Crippen LogP contribution in [0.5, 0.6) is 0 Å². The van der Waals surface area contributed by atoms with Gasteiger partial charge in [0.1, 0.15) is 0 Å². The van der Waals surface area contributed by atoms with E-state index in [1.54, 1.807) is 6.07 Å². The number of hydrogen-bond acceptors (Lipinski definition) is 2. The number of benzene rings is 7. The highest BCUT2D eigenvalue weighted by molar-refractivity contribution is 6.36. The Morgan fingerprint density at radius 1 is 0.354 bits per heavy atom. The Morgan fingerprint density at radius 2 is 0.938 bits per heavy atom.